The molecule has 1 atom stereocenters. The number of benzene rings is 2. The smallest absolute Gasteiger partial charge is 0.165 e. The lowest BCUT2D eigenvalue weighted by molar-refractivity contribution is 0.124. The van der Waals surface area contributed by atoms with Crippen LogP contribution in [0.2, 0.25) is 10.0 Å². The van der Waals surface area contributed by atoms with Crippen LogP contribution in [-0.2, 0) is 6.54 Å². The van der Waals surface area contributed by atoms with E-state index in [0.29, 0.717) is 28.7 Å². The fourth-order valence-corrected chi connectivity index (χ4v) is 2.61. The average molecular weight is 358 g/mol. The number of halogens is 3. The number of rotatable bonds is 6. The maximum Gasteiger partial charge on any atom is 0.165 e. The molecule has 0 aliphatic carbocycles. The summed E-state index contributed by atoms with van der Waals surface area (Å²) in [5, 5.41) is 11.2. The van der Waals surface area contributed by atoms with Crippen LogP contribution in [0.15, 0.2) is 36.4 Å². The first kappa shape index (κ1) is 18.0. The van der Waals surface area contributed by atoms with Gasteiger partial charge in [-0.25, -0.2) is 4.39 Å². The van der Waals surface area contributed by atoms with E-state index < -0.39 is 11.9 Å². The predicted octanol–water partition coefficient (Wildman–Crippen LogP) is 4.31. The van der Waals surface area contributed by atoms with E-state index in [-0.39, 0.29) is 5.75 Å². The van der Waals surface area contributed by atoms with Gasteiger partial charge in [0.25, 0.3) is 0 Å². The van der Waals surface area contributed by atoms with Crippen molar-refractivity contribution in [1.82, 2.24) is 4.90 Å². The third-order valence-corrected chi connectivity index (χ3v) is 4.22. The molecule has 0 aliphatic rings. The van der Waals surface area contributed by atoms with Gasteiger partial charge in [0.05, 0.1) is 23.3 Å². The van der Waals surface area contributed by atoms with Crippen molar-refractivity contribution in [2.45, 2.75) is 12.6 Å². The van der Waals surface area contributed by atoms with Gasteiger partial charge in [0.15, 0.2) is 11.6 Å². The van der Waals surface area contributed by atoms with Crippen LogP contribution in [0.3, 0.4) is 0 Å². The van der Waals surface area contributed by atoms with E-state index in [1.54, 1.807) is 30.3 Å². The zero-order valence-electron chi connectivity index (χ0n) is 12.9. The monoisotopic (exact) mass is 357 g/mol. The molecular weight excluding hydrogens is 340 g/mol. The second-order valence-electron chi connectivity index (χ2n) is 5.35. The average Bonchev–Trinajstić information content (AvgIpc) is 2.51. The van der Waals surface area contributed by atoms with Crippen molar-refractivity contribution < 1.29 is 14.2 Å². The van der Waals surface area contributed by atoms with Crippen LogP contribution in [0.4, 0.5) is 4.39 Å². The Morgan fingerprint density at radius 2 is 1.91 bits per heavy atom. The van der Waals surface area contributed by atoms with Crippen molar-refractivity contribution in [2.24, 2.45) is 0 Å². The molecule has 3 nitrogen and oxygen atoms in total. The van der Waals surface area contributed by atoms with E-state index in [9.17, 15) is 9.50 Å². The van der Waals surface area contributed by atoms with Crippen LogP contribution in [0, 0.1) is 5.82 Å². The van der Waals surface area contributed by atoms with E-state index in [1.165, 1.54) is 13.2 Å². The Hall–Kier alpha value is -1.33. The van der Waals surface area contributed by atoms with E-state index in [0.717, 1.165) is 5.56 Å². The Labute approximate surface area is 145 Å². The standard InChI is InChI=1S/C17H18Cl2FNO2/c1-21(9-11-3-6-15(20)17(7-11)23-2)10-16(22)12-4-5-13(18)14(19)8-12/h3-8,16,22H,9-10H2,1-2H3. The quantitative estimate of drug-likeness (QED) is 0.836. The highest BCUT2D eigenvalue weighted by atomic mass is 35.5. The van der Waals surface area contributed by atoms with Gasteiger partial charge < -0.3 is 9.84 Å². The Morgan fingerprint density at radius 3 is 2.57 bits per heavy atom. The third-order valence-electron chi connectivity index (χ3n) is 3.48. The summed E-state index contributed by atoms with van der Waals surface area (Å²) in [6.45, 7) is 0.951. The van der Waals surface area contributed by atoms with Gasteiger partial charge >= 0.3 is 0 Å². The van der Waals surface area contributed by atoms with Gasteiger partial charge in [-0.1, -0.05) is 35.3 Å². The Kier molecular flexibility index (Phi) is 6.25. The van der Waals surface area contributed by atoms with E-state index in [2.05, 4.69) is 0 Å². The molecule has 0 aromatic heterocycles. The molecule has 0 saturated heterocycles. The minimum Gasteiger partial charge on any atom is -0.494 e. The first-order chi connectivity index (χ1) is 10.9. The van der Waals surface area contributed by atoms with Crippen LogP contribution >= 0.6 is 23.2 Å². The summed E-state index contributed by atoms with van der Waals surface area (Å²) in [7, 11) is 3.30. The summed E-state index contributed by atoms with van der Waals surface area (Å²) in [6, 6.07) is 9.78. The van der Waals surface area contributed by atoms with Crippen molar-refractivity contribution >= 4 is 23.2 Å². The van der Waals surface area contributed by atoms with Gasteiger partial charge in [-0.05, 0) is 42.4 Å². The van der Waals surface area contributed by atoms with Gasteiger partial charge in [-0.15, -0.1) is 0 Å². The van der Waals surface area contributed by atoms with Gasteiger partial charge in [0.2, 0.25) is 0 Å². The molecule has 0 spiro atoms. The van der Waals surface area contributed by atoms with Crippen LogP contribution in [0.25, 0.3) is 0 Å². The van der Waals surface area contributed by atoms with Crippen molar-refractivity contribution in [1.29, 1.82) is 0 Å². The summed E-state index contributed by atoms with van der Waals surface area (Å²) >= 11 is 11.8. The number of hydrogen-bond donors (Lipinski definition) is 1. The number of hydrogen-bond acceptors (Lipinski definition) is 3. The lowest BCUT2D eigenvalue weighted by Gasteiger charge is -2.21. The maximum absolute atomic E-state index is 13.4. The van der Waals surface area contributed by atoms with Crippen LogP contribution in [-0.4, -0.2) is 30.7 Å². The third kappa shape index (κ3) is 4.82. The predicted molar refractivity (Wildman–Crippen MR) is 90.7 cm³/mol. The highest BCUT2D eigenvalue weighted by Crippen LogP contribution is 2.26. The Balaban J connectivity index is 2.01. The zero-order chi connectivity index (χ0) is 17.0. The van der Waals surface area contributed by atoms with Gasteiger partial charge in [-0.2, -0.15) is 0 Å². The molecule has 0 fully saturated rings. The zero-order valence-corrected chi connectivity index (χ0v) is 14.4. The first-order valence-corrected chi connectivity index (χ1v) is 7.80. The molecular formula is C17H18Cl2FNO2. The number of nitrogens with zero attached hydrogens (tertiary/aromatic N) is 1. The van der Waals surface area contributed by atoms with E-state index in [1.807, 2.05) is 11.9 Å². The summed E-state index contributed by atoms with van der Waals surface area (Å²) < 4.78 is 18.4. The van der Waals surface area contributed by atoms with Gasteiger partial charge in [-0.3, -0.25) is 4.90 Å². The number of ether oxygens (including phenoxy) is 1. The second kappa shape index (κ2) is 7.97. The molecule has 2 aromatic carbocycles. The number of aliphatic hydroxyl groups excluding tert-OH is 1. The lowest BCUT2D eigenvalue weighted by Crippen LogP contribution is -2.24. The number of aliphatic hydroxyl groups is 1. The van der Waals surface area contributed by atoms with Crippen molar-refractivity contribution in [2.75, 3.05) is 20.7 Å². The van der Waals surface area contributed by atoms with Crippen molar-refractivity contribution in [3.8, 4) is 5.75 Å². The molecule has 6 heteroatoms. The van der Waals surface area contributed by atoms with Crippen molar-refractivity contribution in [3.63, 3.8) is 0 Å². The molecule has 1 unspecified atom stereocenters. The van der Waals surface area contributed by atoms with E-state index >= 15 is 0 Å². The first-order valence-electron chi connectivity index (χ1n) is 7.04. The molecule has 0 heterocycles. The summed E-state index contributed by atoms with van der Waals surface area (Å²) in [5.74, 6) is -0.185. The topological polar surface area (TPSA) is 32.7 Å². The van der Waals surface area contributed by atoms with Crippen molar-refractivity contribution in [3.05, 3.63) is 63.4 Å². The largest absolute Gasteiger partial charge is 0.494 e. The molecule has 0 saturated carbocycles. The minimum atomic E-state index is -0.697. The molecule has 2 aromatic rings. The Bertz CT molecular complexity index is 682. The fraction of sp³-hybridized carbons (Fsp3) is 0.294. The van der Waals surface area contributed by atoms with Crippen LogP contribution in [0.5, 0.6) is 5.75 Å². The molecule has 1 N–H and O–H groups in total. The molecule has 23 heavy (non-hydrogen) atoms. The second-order valence-corrected chi connectivity index (χ2v) is 6.17. The molecule has 0 aliphatic heterocycles. The highest BCUT2D eigenvalue weighted by molar-refractivity contribution is 6.42. The van der Waals surface area contributed by atoms with Gasteiger partial charge in [0.1, 0.15) is 0 Å². The number of likely N-dealkylation sites (N-methyl/N-ethyl adjacent to an activating group) is 1. The summed E-state index contributed by atoms with van der Waals surface area (Å²) in [4.78, 5) is 1.93. The maximum atomic E-state index is 13.4. The number of methoxy groups -OCH3 is 1. The molecule has 124 valence electrons. The molecule has 0 amide bonds. The SMILES string of the molecule is COc1cc(CN(C)CC(O)c2ccc(Cl)c(Cl)c2)ccc1F. The molecule has 0 radical (unpaired) electrons. The molecule has 2 rings (SSSR count). The summed E-state index contributed by atoms with van der Waals surface area (Å²) in [6.07, 6.45) is -0.697. The van der Waals surface area contributed by atoms with Crippen LogP contribution in [0.1, 0.15) is 17.2 Å². The molecule has 0 bridgehead atoms. The highest BCUT2D eigenvalue weighted by Gasteiger charge is 2.13. The van der Waals surface area contributed by atoms with E-state index in [4.69, 9.17) is 27.9 Å². The minimum absolute atomic E-state index is 0.209. The van der Waals surface area contributed by atoms with Crippen LogP contribution < -0.4 is 4.74 Å². The van der Waals surface area contributed by atoms with Gasteiger partial charge in [0, 0.05) is 13.1 Å². The normalized spacial score (nSPS) is 12.5. The lowest BCUT2D eigenvalue weighted by atomic mass is 10.1. The fourth-order valence-electron chi connectivity index (χ4n) is 2.30. The summed E-state index contributed by atoms with van der Waals surface area (Å²) in [5.41, 5.74) is 1.59. The Morgan fingerprint density at radius 1 is 1.17 bits per heavy atom.